The van der Waals surface area contributed by atoms with Gasteiger partial charge >= 0.3 is 0 Å². The lowest BCUT2D eigenvalue weighted by molar-refractivity contribution is -0.145. The first-order valence-electron chi connectivity index (χ1n) is 9.36. The van der Waals surface area contributed by atoms with Gasteiger partial charge in [-0.1, -0.05) is 0 Å². The molecule has 0 aromatic heterocycles. The molecule has 0 unspecified atom stereocenters. The molecule has 1 saturated heterocycles. The first-order valence-corrected chi connectivity index (χ1v) is 9.36. The highest BCUT2D eigenvalue weighted by molar-refractivity contribution is 14.0. The third-order valence-electron chi connectivity index (χ3n) is 4.84. The van der Waals surface area contributed by atoms with Gasteiger partial charge in [-0.05, 0) is 45.4 Å². The second-order valence-corrected chi connectivity index (χ2v) is 7.78. The number of phenolic OH excluding ortho intramolecular Hbond substituents is 1. The number of carbonyl (C=O) groups excluding carboxylic acids is 1. The van der Waals surface area contributed by atoms with Crippen LogP contribution in [0, 0.1) is 0 Å². The summed E-state index contributed by atoms with van der Waals surface area (Å²) in [5.41, 5.74) is 0.561. The maximum absolute atomic E-state index is 12.7. The number of nitrogens with zero attached hydrogens (tertiary/aromatic N) is 3. The molecule has 29 heavy (non-hydrogen) atoms. The highest BCUT2D eigenvalue weighted by Gasteiger charge is 2.40. The van der Waals surface area contributed by atoms with E-state index in [1.807, 2.05) is 23.6 Å². The summed E-state index contributed by atoms with van der Waals surface area (Å²) in [6.07, 6.45) is 0. The van der Waals surface area contributed by atoms with Crippen LogP contribution in [0.25, 0.3) is 0 Å². The van der Waals surface area contributed by atoms with Crippen molar-refractivity contribution in [1.29, 1.82) is 0 Å². The van der Waals surface area contributed by atoms with Gasteiger partial charge < -0.3 is 29.7 Å². The maximum Gasteiger partial charge on any atom is 0.242 e. The molecule has 2 rings (SSSR count). The van der Waals surface area contributed by atoms with Gasteiger partial charge in [-0.3, -0.25) is 9.79 Å². The van der Waals surface area contributed by atoms with Crippen LogP contribution in [0.2, 0.25) is 0 Å². The number of nitrogens with one attached hydrogen (secondary N) is 1. The van der Waals surface area contributed by atoms with Crippen molar-refractivity contribution in [3.8, 4) is 17.2 Å². The third kappa shape index (κ3) is 5.58. The van der Waals surface area contributed by atoms with Gasteiger partial charge in [0.25, 0.3) is 0 Å². The van der Waals surface area contributed by atoms with Gasteiger partial charge in [0.2, 0.25) is 11.7 Å². The number of benzene rings is 1. The maximum atomic E-state index is 12.7. The van der Waals surface area contributed by atoms with E-state index in [4.69, 9.17) is 9.47 Å². The molecule has 0 atom stereocenters. The zero-order valence-electron chi connectivity index (χ0n) is 18.3. The van der Waals surface area contributed by atoms with Crippen molar-refractivity contribution in [2.45, 2.75) is 45.8 Å². The van der Waals surface area contributed by atoms with Crippen LogP contribution in [0.5, 0.6) is 17.2 Å². The molecule has 1 fully saturated rings. The van der Waals surface area contributed by atoms with Crippen molar-refractivity contribution in [2.75, 3.05) is 34.4 Å². The zero-order chi connectivity index (χ0) is 21.1. The number of halogens is 1. The zero-order valence-corrected chi connectivity index (χ0v) is 20.6. The number of ether oxygens (including phenoxy) is 2. The van der Waals surface area contributed by atoms with Crippen molar-refractivity contribution in [2.24, 2.45) is 4.99 Å². The van der Waals surface area contributed by atoms with Gasteiger partial charge in [-0.25, -0.2) is 0 Å². The monoisotopic (exact) mass is 520 g/mol. The predicted molar refractivity (Wildman–Crippen MR) is 124 cm³/mol. The predicted octanol–water partition coefficient (Wildman–Crippen LogP) is 2.43. The minimum Gasteiger partial charge on any atom is -0.502 e. The number of hydrogen-bond donors (Lipinski definition) is 2. The van der Waals surface area contributed by atoms with Gasteiger partial charge in [0.1, 0.15) is 0 Å². The summed E-state index contributed by atoms with van der Waals surface area (Å²) >= 11 is 0. The molecule has 1 amide bonds. The average molecular weight is 520 g/mol. The highest BCUT2D eigenvalue weighted by Crippen LogP contribution is 2.37. The number of methoxy groups -OCH3 is 2. The lowest BCUT2D eigenvalue weighted by atomic mass is 9.96. The summed E-state index contributed by atoms with van der Waals surface area (Å²) in [5, 5.41) is 13.3. The molecular weight excluding hydrogens is 487 g/mol. The number of guanidine groups is 1. The fraction of sp³-hybridized carbons (Fsp3) is 0.600. The van der Waals surface area contributed by atoms with Crippen molar-refractivity contribution in [3.63, 3.8) is 0 Å². The molecule has 2 N–H and O–H groups in total. The number of aromatic hydroxyl groups is 1. The van der Waals surface area contributed by atoms with Gasteiger partial charge in [0, 0.05) is 26.2 Å². The Kier molecular flexibility index (Phi) is 8.85. The SMILES string of the molecule is CN=C(NCc1cc(OC)c(O)c(OC)c1)N1CC(=O)N(C(C)C)C(C)(C)C1.I. The van der Waals surface area contributed by atoms with Crippen molar-refractivity contribution in [3.05, 3.63) is 17.7 Å². The van der Waals surface area contributed by atoms with E-state index < -0.39 is 0 Å². The number of aliphatic imine (C=N–C) groups is 1. The Hall–Kier alpha value is -1.91. The number of piperazine rings is 1. The third-order valence-corrected chi connectivity index (χ3v) is 4.84. The number of amides is 1. The van der Waals surface area contributed by atoms with Crippen LogP contribution in [-0.2, 0) is 11.3 Å². The molecule has 8 nitrogen and oxygen atoms in total. The Balaban J connectivity index is 0.00000420. The molecule has 1 heterocycles. The molecule has 164 valence electrons. The van der Waals surface area contributed by atoms with Crippen LogP contribution >= 0.6 is 24.0 Å². The molecule has 1 aliphatic heterocycles. The summed E-state index contributed by atoms with van der Waals surface area (Å²) in [6.45, 7) is 9.61. The Morgan fingerprint density at radius 2 is 1.83 bits per heavy atom. The van der Waals surface area contributed by atoms with E-state index in [1.54, 1.807) is 19.2 Å². The molecule has 0 radical (unpaired) electrons. The van der Waals surface area contributed by atoms with E-state index in [0.717, 1.165) is 5.56 Å². The first kappa shape index (κ1) is 25.1. The second-order valence-electron chi connectivity index (χ2n) is 7.78. The molecule has 1 aromatic rings. The van der Waals surface area contributed by atoms with Crippen molar-refractivity contribution >= 4 is 35.8 Å². The van der Waals surface area contributed by atoms with Crippen LogP contribution in [0.4, 0.5) is 0 Å². The fourth-order valence-electron chi connectivity index (χ4n) is 3.88. The van der Waals surface area contributed by atoms with Crippen LogP contribution in [0.1, 0.15) is 33.3 Å². The van der Waals surface area contributed by atoms with E-state index >= 15 is 0 Å². The first-order chi connectivity index (χ1) is 13.1. The molecule has 1 aromatic carbocycles. The topological polar surface area (TPSA) is 86.6 Å². The van der Waals surface area contributed by atoms with Gasteiger partial charge in [-0.15, -0.1) is 24.0 Å². The van der Waals surface area contributed by atoms with Gasteiger partial charge in [0.05, 0.1) is 26.3 Å². The smallest absolute Gasteiger partial charge is 0.242 e. The molecular formula is C20H33IN4O4. The summed E-state index contributed by atoms with van der Waals surface area (Å²) in [4.78, 5) is 21.0. The van der Waals surface area contributed by atoms with Gasteiger partial charge in [-0.2, -0.15) is 0 Å². The van der Waals surface area contributed by atoms with E-state index in [0.29, 0.717) is 30.5 Å². The molecule has 0 aliphatic carbocycles. The number of phenols is 1. The van der Waals surface area contributed by atoms with Crippen molar-refractivity contribution in [1.82, 2.24) is 15.1 Å². The number of carbonyl (C=O) groups is 1. The van der Waals surface area contributed by atoms with E-state index in [1.165, 1.54) is 14.2 Å². The number of hydrogen-bond acceptors (Lipinski definition) is 5. The second kappa shape index (κ2) is 10.2. The Bertz CT molecular complexity index is 727. The molecule has 1 aliphatic rings. The van der Waals surface area contributed by atoms with Gasteiger partial charge in [0.15, 0.2) is 17.5 Å². The molecule has 9 heteroatoms. The van der Waals surface area contributed by atoms with Crippen LogP contribution in [0.15, 0.2) is 17.1 Å². The molecule has 0 saturated carbocycles. The van der Waals surface area contributed by atoms with E-state index in [-0.39, 0.29) is 53.8 Å². The summed E-state index contributed by atoms with van der Waals surface area (Å²) < 4.78 is 10.4. The van der Waals surface area contributed by atoms with E-state index in [2.05, 4.69) is 24.2 Å². The fourth-order valence-corrected chi connectivity index (χ4v) is 3.88. The average Bonchev–Trinajstić information content (AvgIpc) is 2.61. The van der Waals surface area contributed by atoms with Crippen LogP contribution in [-0.4, -0.2) is 72.7 Å². The van der Waals surface area contributed by atoms with Crippen molar-refractivity contribution < 1.29 is 19.4 Å². The molecule has 0 bridgehead atoms. The summed E-state index contributed by atoms with van der Waals surface area (Å²) in [6, 6.07) is 3.63. The molecule has 0 spiro atoms. The Morgan fingerprint density at radius 1 is 1.28 bits per heavy atom. The van der Waals surface area contributed by atoms with Crippen LogP contribution in [0.3, 0.4) is 0 Å². The highest BCUT2D eigenvalue weighted by atomic mass is 127. The minimum atomic E-state index is -0.300. The normalized spacial score (nSPS) is 16.6. The Morgan fingerprint density at radius 3 is 2.24 bits per heavy atom. The largest absolute Gasteiger partial charge is 0.502 e. The lowest BCUT2D eigenvalue weighted by Crippen LogP contribution is -2.66. The summed E-state index contributed by atoms with van der Waals surface area (Å²) in [7, 11) is 4.69. The quantitative estimate of drug-likeness (QED) is 0.353. The van der Waals surface area contributed by atoms with Crippen LogP contribution < -0.4 is 14.8 Å². The number of rotatable bonds is 5. The standard InChI is InChI=1S/C20H32N4O4.HI/c1-13(2)24-17(25)11-23(12-20(24,3)4)19(21-5)22-10-14-8-15(27-6)18(26)16(9-14)28-7;/h8-9,13,26H,10-12H2,1-7H3,(H,21,22);1H. The Labute approximate surface area is 190 Å². The van der Waals surface area contributed by atoms with E-state index in [9.17, 15) is 9.90 Å². The minimum absolute atomic E-state index is 0. The summed E-state index contributed by atoms with van der Waals surface area (Å²) in [5.74, 6) is 1.38. The lowest BCUT2D eigenvalue weighted by Gasteiger charge is -2.49.